The molecule has 0 aliphatic carbocycles. The Balaban J connectivity index is 2.51. The second-order valence-electron chi connectivity index (χ2n) is 4.37. The highest BCUT2D eigenvalue weighted by Crippen LogP contribution is 2.22. The third-order valence-electron chi connectivity index (χ3n) is 2.68. The molecular weight excluding hydrogens is 170 g/mol. The molecule has 1 heterocycles. The van der Waals surface area contributed by atoms with E-state index in [2.05, 4.69) is 50.0 Å². The lowest BCUT2D eigenvalue weighted by Gasteiger charge is -2.02. The number of rotatable bonds is 2. The predicted octanol–water partition coefficient (Wildman–Crippen LogP) is 3.67. The van der Waals surface area contributed by atoms with Crippen LogP contribution >= 0.6 is 0 Å². The van der Waals surface area contributed by atoms with Crippen molar-refractivity contribution in [2.75, 3.05) is 0 Å². The summed E-state index contributed by atoms with van der Waals surface area (Å²) in [6.07, 6.45) is 1.14. The first-order valence-corrected chi connectivity index (χ1v) is 5.24. The van der Waals surface area contributed by atoms with Gasteiger partial charge >= 0.3 is 0 Å². The maximum absolute atomic E-state index is 3.50. The molecule has 0 spiro atoms. The number of fused-ring (bicyclic) bond motifs is 1. The Morgan fingerprint density at radius 3 is 2.57 bits per heavy atom. The van der Waals surface area contributed by atoms with Crippen molar-refractivity contribution >= 4 is 10.9 Å². The van der Waals surface area contributed by atoms with Crippen LogP contribution in [0.2, 0.25) is 0 Å². The molecular formula is C13H17N. The molecule has 0 bridgehead atoms. The van der Waals surface area contributed by atoms with E-state index in [1.165, 1.54) is 22.2 Å². The van der Waals surface area contributed by atoms with Crippen LogP contribution < -0.4 is 0 Å². The van der Waals surface area contributed by atoms with Gasteiger partial charge in [-0.05, 0) is 30.9 Å². The van der Waals surface area contributed by atoms with Crippen molar-refractivity contribution in [3.8, 4) is 0 Å². The third-order valence-corrected chi connectivity index (χ3v) is 2.68. The van der Waals surface area contributed by atoms with Gasteiger partial charge in [-0.2, -0.15) is 0 Å². The monoisotopic (exact) mass is 187 g/mol. The number of benzene rings is 1. The SMILES string of the molecule is Cc1c(CC(C)C)[nH]c2ccccc12. The van der Waals surface area contributed by atoms with Crippen LogP contribution in [0.4, 0.5) is 0 Å². The van der Waals surface area contributed by atoms with Gasteiger partial charge in [0.2, 0.25) is 0 Å². The summed E-state index contributed by atoms with van der Waals surface area (Å²) < 4.78 is 0. The Kier molecular flexibility index (Phi) is 2.32. The highest BCUT2D eigenvalue weighted by molar-refractivity contribution is 5.84. The first-order chi connectivity index (χ1) is 6.68. The molecule has 1 N–H and O–H groups in total. The Morgan fingerprint density at radius 1 is 1.21 bits per heavy atom. The minimum absolute atomic E-state index is 0.710. The van der Waals surface area contributed by atoms with Gasteiger partial charge in [0.25, 0.3) is 0 Å². The molecule has 0 saturated carbocycles. The van der Waals surface area contributed by atoms with Crippen LogP contribution in [0, 0.1) is 12.8 Å². The number of aromatic nitrogens is 1. The summed E-state index contributed by atoms with van der Waals surface area (Å²) in [5, 5.41) is 1.36. The fourth-order valence-corrected chi connectivity index (χ4v) is 1.95. The number of aryl methyl sites for hydroxylation is 1. The molecule has 14 heavy (non-hydrogen) atoms. The highest BCUT2D eigenvalue weighted by Gasteiger charge is 2.07. The van der Waals surface area contributed by atoms with Gasteiger partial charge in [0.1, 0.15) is 0 Å². The van der Waals surface area contributed by atoms with Crippen molar-refractivity contribution < 1.29 is 0 Å². The quantitative estimate of drug-likeness (QED) is 0.738. The minimum Gasteiger partial charge on any atom is -0.358 e. The maximum Gasteiger partial charge on any atom is 0.0458 e. The van der Waals surface area contributed by atoms with Crippen molar-refractivity contribution in [1.29, 1.82) is 0 Å². The van der Waals surface area contributed by atoms with Gasteiger partial charge in [0, 0.05) is 16.6 Å². The molecule has 1 nitrogen and oxygen atoms in total. The molecule has 1 heteroatoms. The summed E-state index contributed by atoms with van der Waals surface area (Å²) in [7, 11) is 0. The predicted molar refractivity (Wildman–Crippen MR) is 61.6 cm³/mol. The van der Waals surface area contributed by atoms with Crippen molar-refractivity contribution in [2.45, 2.75) is 27.2 Å². The van der Waals surface area contributed by atoms with Crippen molar-refractivity contribution in [2.24, 2.45) is 5.92 Å². The smallest absolute Gasteiger partial charge is 0.0458 e. The molecule has 0 saturated heterocycles. The zero-order valence-corrected chi connectivity index (χ0v) is 9.09. The lowest BCUT2D eigenvalue weighted by molar-refractivity contribution is 0.636. The van der Waals surface area contributed by atoms with E-state index in [-0.39, 0.29) is 0 Å². The minimum atomic E-state index is 0.710. The topological polar surface area (TPSA) is 15.8 Å². The average molecular weight is 187 g/mol. The van der Waals surface area contributed by atoms with E-state index in [1.807, 2.05) is 0 Å². The van der Waals surface area contributed by atoms with Gasteiger partial charge in [0.05, 0.1) is 0 Å². The summed E-state index contributed by atoms with van der Waals surface area (Å²) in [5.41, 5.74) is 4.07. The molecule has 74 valence electrons. The van der Waals surface area contributed by atoms with Gasteiger partial charge in [-0.25, -0.2) is 0 Å². The van der Waals surface area contributed by atoms with Crippen molar-refractivity contribution in [3.05, 3.63) is 35.5 Å². The number of hydrogen-bond acceptors (Lipinski definition) is 0. The van der Waals surface area contributed by atoms with Crippen LogP contribution in [-0.4, -0.2) is 4.98 Å². The van der Waals surface area contributed by atoms with Crippen molar-refractivity contribution in [3.63, 3.8) is 0 Å². The van der Waals surface area contributed by atoms with E-state index in [4.69, 9.17) is 0 Å². The zero-order valence-electron chi connectivity index (χ0n) is 9.09. The van der Waals surface area contributed by atoms with E-state index < -0.39 is 0 Å². The molecule has 0 fully saturated rings. The van der Waals surface area contributed by atoms with Crippen LogP contribution in [0.3, 0.4) is 0 Å². The molecule has 0 unspecified atom stereocenters. The number of aromatic amines is 1. The first kappa shape index (κ1) is 9.32. The van der Waals surface area contributed by atoms with Crippen molar-refractivity contribution in [1.82, 2.24) is 4.98 Å². The summed E-state index contributed by atoms with van der Waals surface area (Å²) in [6.45, 7) is 6.71. The van der Waals surface area contributed by atoms with E-state index >= 15 is 0 Å². The van der Waals surface area contributed by atoms with E-state index in [0.29, 0.717) is 5.92 Å². The summed E-state index contributed by atoms with van der Waals surface area (Å²) in [6, 6.07) is 8.51. The Hall–Kier alpha value is -1.24. The van der Waals surface area contributed by atoms with Gasteiger partial charge in [-0.1, -0.05) is 32.0 Å². The van der Waals surface area contributed by atoms with Gasteiger partial charge in [0.15, 0.2) is 0 Å². The molecule has 2 aromatic rings. The Morgan fingerprint density at radius 2 is 1.93 bits per heavy atom. The van der Waals surface area contributed by atoms with Crippen LogP contribution in [-0.2, 0) is 6.42 Å². The van der Waals surface area contributed by atoms with E-state index in [9.17, 15) is 0 Å². The molecule has 0 aliphatic rings. The van der Waals surface area contributed by atoms with Gasteiger partial charge in [-0.3, -0.25) is 0 Å². The molecule has 0 amide bonds. The van der Waals surface area contributed by atoms with Crippen LogP contribution in [0.15, 0.2) is 24.3 Å². The van der Waals surface area contributed by atoms with Crippen LogP contribution in [0.25, 0.3) is 10.9 Å². The second-order valence-corrected chi connectivity index (χ2v) is 4.37. The molecule has 0 aliphatic heterocycles. The zero-order chi connectivity index (χ0) is 10.1. The summed E-state index contributed by atoms with van der Waals surface area (Å²) in [5.74, 6) is 0.710. The molecule has 0 radical (unpaired) electrons. The first-order valence-electron chi connectivity index (χ1n) is 5.24. The normalized spacial score (nSPS) is 11.4. The van der Waals surface area contributed by atoms with Crippen LogP contribution in [0.5, 0.6) is 0 Å². The Bertz CT molecular complexity index is 437. The van der Waals surface area contributed by atoms with E-state index in [1.54, 1.807) is 0 Å². The fourth-order valence-electron chi connectivity index (χ4n) is 1.95. The lowest BCUT2D eigenvalue weighted by Crippen LogP contribution is -1.95. The van der Waals surface area contributed by atoms with Crippen LogP contribution in [0.1, 0.15) is 25.1 Å². The molecule has 2 rings (SSSR count). The third kappa shape index (κ3) is 1.54. The average Bonchev–Trinajstić information content (AvgIpc) is 2.44. The number of para-hydroxylation sites is 1. The highest BCUT2D eigenvalue weighted by atomic mass is 14.7. The summed E-state index contributed by atoms with van der Waals surface area (Å²) in [4.78, 5) is 3.50. The molecule has 1 aromatic heterocycles. The largest absolute Gasteiger partial charge is 0.358 e. The number of nitrogens with one attached hydrogen (secondary N) is 1. The lowest BCUT2D eigenvalue weighted by atomic mass is 10.0. The molecule has 1 aromatic carbocycles. The maximum atomic E-state index is 3.50. The number of H-pyrrole nitrogens is 1. The fraction of sp³-hybridized carbons (Fsp3) is 0.385. The standard InChI is InChI=1S/C13H17N/c1-9(2)8-13-10(3)11-6-4-5-7-12(11)14-13/h4-7,9,14H,8H2,1-3H3. The van der Waals surface area contributed by atoms with E-state index in [0.717, 1.165) is 6.42 Å². The van der Waals surface area contributed by atoms with Gasteiger partial charge < -0.3 is 4.98 Å². The summed E-state index contributed by atoms with van der Waals surface area (Å²) >= 11 is 0. The second kappa shape index (κ2) is 3.49. The Labute approximate surface area is 85.1 Å². The number of hydrogen-bond donors (Lipinski definition) is 1. The molecule has 0 atom stereocenters. The van der Waals surface area contributed by atoms with Gasteiger partial charge in [-0.15, -0.1) is 0 Å².